The minimum Gasteiger partial charge on any atom is -0.497 e. The maximum absolute atomic E-state index is 5.77. The van der Waals surface area contributed by atoms with Crippen LogP contribution in [0.1, 0.15) is 18.1 Å². The quantitative estimate of drug-likeness (QED) is 0.319. The highest BCUT2D eigenvalue weighted by atomic mass is 32.1. The molecular weight excluding hydrogens is 474 g/mol. The lowest BCUT2D eigenvalue weighted by atomic mass is 10.1. The summed E-state index contributed by atoms with van der Waals surface area (Å²) in [5.41, 5.74) is 4.67. The van der Waals surface area contributed by atoms with Gasteiger partial charge in [-0.15, -0.1) is 11.3 Å². The Morgan fingerprint density at radius 2 is 1.75 bits per heavy atom. The number of hydrogen-bond acceptors (Lipinski definition) is 7. The molecule has 7 nitrogen and oxygen atoms in total. The maximum atomic E-state index is 5.77. The SMILES string of the molecule is COc1ccc(-c2csc(=NCc3ccccc3)n2N=C(C)c2ccc3c(c2)OCCO3)c(OC)c1. The zero-order chi connectivity index (χ0) is 24.9. The van der Waals surface area contributed by atoms with Crippen molar-refractivity contribution in [2.24, 2.45) is 10.1 Å². The smallest absolute Gasteiger partial charge is 0.206 e. The first-order valence-electron chi connectivity index (χ1n) is 11.6. The fourth-order valence-electron chi connectivity index (χ4n) is 3.92. The highest BCUT2D eigenvalue weighted by Gasteiger charge is 2.16. The maximum Gasteiger partial charge on any atom is 0.206 e. The highest BCUT2D eigenvalue weighted by Crippen LogP contribution is 2.34. The third-order valence-corrected chi connectivity index (χ3v) is 6.67. The van der Waals surface area contributed by atoms with Crippen molar-refractivity contribution in [3.63, 3.8) is 0 Å². The lowest BCUT2D eigenvalue weighted by Gasteiger charge is -2.18. The second-order valence-electron chi connectivity index (χ2n) is 8.13. The molecule has 0 bridgehead atoms. The van der Waals surface area contributed by atoms with Crippen molar-refractivity contribution in [2.45, 2.75) is 13.5 Å². The van der Waals surface area contributed by atoms with Crippen molar-refractivity contribution < 1.29 is 18.9 Å². The molecule has 2 heterocycles. The Bertz CT molecular complexity index is 1460. The second-order valence-corrected chi connectivity index (χ2v) is 8.96. The van der Waals surface area contributed by atoms with E-state index in [0.29, 0.717) is 25.5 Å². The van der Waals surface area contributed by atoms with Crippen molar-refractivity contribution in [1.82, 2.24) is 4.68 Å². The van der Waals surface area contributed by atoms with Crippen LogP contribution in [-0.4, -0.2) is 37.8 Å². The summed E-state index contributed by atoms with van der Waals surface area (Å²) in [7, 11) is 3.29. The van der Waals surface area contributed by atoms with Crippen LogP contribution in [0, 0.1) is 0 Å². The van der Waals surface area contributed by atoms with E-state index in [2.05, 4.69) is 17.5 Å². The van der Waals surface area contributed by atoms with Gasteiger partial charge in [0, 0.05) is 22.6 Å². The Kier molecular flexibility index (Phi) is 7.04. The third-order valence-electron chi connectivity index (χ3n) is 5.82. The van der Waals surface area contributed by atoms with E-state index in [4.69, 9.17) is 29.0 Å². The molecule has 8 heteroatoms. The number of ether oxygens (including phenoxy) is 4. The summed E-state index contributed by atoms with van der Waals surface area (Å²) in [4.78, 5) is 5.67. The molecule has 1 aromatic heterocycles. The first kappa shape index (κ1) is 23.7. The Labute approximate surface area is 213 Å². The van der Waals surface area contributed by atoms with Crippen LogP contribution in [0.3, 0.4) is 0 Å². The zero-order valence-electron chi connectivity index (χ0n) is 20.4. The van der Waals surface area contributed by atoms with Crippen molar-refractivity contribution in [3.05, 3.63) is 88.0 Å². The average molecular weight is 502 g/mol. The van der Waals surface area contributed by atoms with Gasteiger partial charge in [0.05, 0.1) is 32.2 Å². The molecule has 0 saturated heterocycles. The van der Waals surface area contributed by atoms with Gasteiger partial charge in [0.25, 0.3) is 0 Å². The van der Waals surface area contributed by atoms with E-state index < -0.39 is 0 Å². The van der Waals surface area contributed by atoms with Crippen LogP contribution in [0.4, 0.5) is 0 Å². The number of rotatable bonds is 7. The Balaban J connectivity index is 1.61. The number of methoxy groups -OCH3 is 2. The number of aromatic nitrogens is 1. The van der Waals surface area contributed by atoms with Crippen molar-refractivity contribution in [3.8, 4) is 34.3 Å². The molecule has 1 aliphatic heterocycles. The lowest BCUT2D eigenvalue weighted by molar-refractivity contribution is 0.171. The first-order chi connectivity index (χ1) is 17.7. The molecule has 0 spiro atoms. The predicted molar refractivity (Wildman–Crippen MR) is 142 cm³/mol. The van der Waals surface area contributed by atoms with Crippen LogP contribution in [-0.2, 0) is 6.54 Å². The Hall–Kier alpha value is -4.04. The summed E-state index contributed by atoms with van der Waals surface area (Å²) in [6, 6.07) is 21.8. The van der Waals surface area contributed by atoms with Crippen LogP contribution in [0.5, 0.6) is 23.0 Å². The summed E-state index contributed by atoms with van der Waals surface area (Å²) in [5.74, 6) is 2.91. The van der Waals surface area contributed by atoms with E-state index in [0.717, 1.165) is 50.1 Å². The van der Waals surface area contributed by atoms with Gasteiger partial charge in [-0.3, -0.25) is 4.99 Å². The van der Waals surface area contributed by atoms with E-state index in [1.807, 2.05) is 66.2 Å². The normalized spacial score (nSPS) is 13.5. The van der Waals surface area contributed by atoms with Crippen LogP contribution < -0.4 is 23.7 Å². The molecule has 0 saturated carbocycles. The van der Waals surface area contributed by atoms with Gasteiger partial charge in [0.2, 0.25) is 4.80 Å². The van der Waals surface area contributed by atoms with Gasteiger partial charge in [-0.2, -0.15) is 5.10 Å². The molecule has 0 fully saturated rings. The summed E-state index contributed by atoms with van der Waals surface area (Å²) in [5, 5.41) is 7.06. The number of nitrogens with zero attached hydrogens (tertiary/aromatic N) is 3. The number of hydrogen-bond donors (Lipinski definition) is 0. The van der Waals surface area contributed by atoms with Gasteiger partial charge < -0.3 is 18.9 Å². The topological polar surface area (TPSA) is 66.6 Å². The molecule has 184 valence electrons. The van der Waals surface area contributed by atoms with Crippen LogP contribution in [0.25, 0.3) is 11.3 Å². The standard InChI is InChI=1S/C28H27N3O4S/c1-19(21-9-12-25-27(15-21)35-14-13-34-25)30-31-24(23-11-10-22(32-2)16-26(23)33-3)18-36-28(31)29-17-20-7-5-4-6-8-20/h4-12,15-16,18H,13-14,17H2,1-3H3. The van der Waals surface area contributed by atoms with Crippen LogP contribution in [0.2, 0.25) is 0 Å². The number of fused-ring (bicyclic) bond motifs is 1. The van der Waals surface area contributed by atoms with E-state index in [1.54, 1.807) is 14.2 Å². The highest BCUT2D eigenvalue weighted by molar-refractivity contribution is 7.07. The van der Waals surface area contributed by atoms with Gasteiger partial charge >= 0.3 is 0 Å². The molecule has 0 aliphatic carbocycles. The summed E-state index contributed by atoms with van der Waals surface area (Å²) >= 11 is 1.54. The van der Waals surface area contributed by atoms with Gasteiger partial charge in [-0.1, -0.05) is 30.3 Å². The predicted octanol–water partition coefficient (Wildman–Crippen LogP) is 5.38. The van der Waals surface area contributed by atoms with E-state index in [-0.39, 0.29) is 0 Å². The molecule has 0 atom stereocenters. The molecule has 3 aromatic carbocycles. The fraction of sp³-hybridized carbons (Fsp3) is 0.214. The number of thiazole rings is 1. The molecule has 0 N–H and O–H groups in total. The van der Waals surface area contributed by atoms with Crippen molar-refractivity contribution in [1.29, 1.82) is 0 Å². The molecule has 0 amide bonds. The van der Waals surface area contributed by atoms with E-state index in [1.165, 1.54) is 11.3 Å². The minimum atomic E-state index is 0.538. The van der Waals surface area contributed by atoms with Gasteiger partial charge in [0.1, 0.15) is 24.7 Å². The largest absolute Gasteiger partial charge is 0.497 e. The Morgan fingerprint density at radius 3 is 2.53 bits per heavy atom. The second kappa shape index (κ2) is 10.7. The minimum absolute atomic E-state index is 0.538. The van der Waals surface area contributed by atoms with Crippen LogP contribution in [0.15, 0.2) is 82.2 Å². The average Bonchev–Trinajstić information content (AvgIpc) is 3.33. The van der Waals surface area contributed by atoms with Crippen molar-refractivity contribution in [2.75, 3.05) is 27.4 Å². The first-order valence-corrected chi connectivity index (χ1v) is 12.5. The lowest BCUT2D eigenvalue weighted by Crippen LogP contribution is -2.16. The van der Waals surface area contributed by atoms with Gasteiger partial charge in [-0.25, -0.2) is 4.68 Å². The molecule has 0 unspecified atom stereocenters. The van der Waals surface area contributed by atoms with Crippen LogP contribution >= 0.6 is 11.3 Å². The Morgan fingerprint density at radius 1 is 0.944 bits per heavy atom. The monoisotopic (exact) mass is 501 g/mol. The molecule has 36 heavy (non-hydrogen) atoms. The van der Waals surface area contributed by atoms with Gasteiger partial charge in [-0.05, 0) is 42.8 Å². The third kappa shape index (κ3) is 4.99. The zero-order valence-corrected chi connectivity index (χ0v) is 21.2. The molecular formula is C28H27N3O4S. The molecule has 1 aliphatic rings. The molecule has 4 aromatic rings. The number of benzene rings is 3. The van der Waals surface area contributed by atoms with Gasteiger partial charge in [0.15, 0.2) is 11.5 Å². The summed E-state index contributed by atoms with van der Waals surface area (Å²) < 4.78 is 24.4. The summed E-state index contributed by atoms with van der Waals surface area (Å²) in [6.07, 6.45) is 0. The van der Waals surface area contributed by atoms with Crippen molar-refractivity contribution >= 4 is 17.0 Å². The molecule has 5 rings (SSSR count). The fourth-order valence-corrected chi connectivity index (χ4v) is 4.74. The summed E-state index contributed by atoms with van der Waals surface area (Å²) in [6.45, 7) is 3.63. The van der Waals surface area contributed by atoms with E-state index >= 15 is 0 Å². The van der Waals surface area contributed by atoms with E-state index in [9.17, 15) is 0 Å². The molecule has 0 radical (unpaired) electrons.